The maximum atomic E-state index is 13.1. The number of carbonyl (C=O) groups is 3. The molecule has 4 rings (SSSR count). The van der Waals surface area contributed by atoms with Crippen LogP contribution in [0.5, 0.6) is 0 Å². The van der Waals surface area contributed by atoms with Crippen LogP contribution in [0.2, 0.25) is 0 Å². The predicted molar refractivity (Wildman–Crippen MR) is 109 cm³/mol. The fraction of sp³-hybridized carbons (Fsp3) is 0.783. The van der Waals surface area contributed by atoms with Gasteiger partial charge in [0.15, 0.2) is 0 Å². The summed E-state index contributed by atoms with van der Waals surface area (Å²) in [6.45, 7) is 7.64. The van der Waals surface area contributed by atoms with Crippen LogP contribution in [0.3, 0.4) is 0 Å². The van der Waals surface area contributed by atoms with Gasteiger partial charge in [0.1, 0.15) is 5.54 Å². The lowest BCUT2D eigenvalue weighted by molar-refractivity contribution is -0.148. The largest absolute Gasteiger partial charge is 0.480 e. The van der Waals surface area contributed by atoms with E-state index in [1.165, 1.54) is 0 Å². The minimum Gasteiger partial charge on any atom is -0.480 e. The van der Waals surface area contributed by atoms with E-state index in [0.717, 1.165) is 38.5 Å². The van der Waals surface area contributed by atoms with E-state index < -0.39 is 11.5 Å². The first-order chi connectivity index (χ1) is 13.5. The zero-order valence-corrected chi connectivity index (χ0v) is 18.0. The van der Waals surface area contributed by atoms with E-state index in [9.17, 15) is 19.5 Å². The average molecular weight is 403 g/mol. The highest BCUT2D eigenvalue weighted by Crippen LogP contribution is 2.65. The molecule has 1 aliphatic heterocycles. The molecule has 6 heteroatoms. The van der Waals surface area contributed by atoms with Gasteiger partial charge in [0, 0.05) is 17.4 Å². The molecule has 1 heterocycles. The Kier molecular flexibility index (Phi) is 4.63. The molecule has 0 saturated heterocycles. The van der Waals surface area contributed by atoms with E-state index >= 15 is 0 Å². The number of hydrogen-bond donors (Lipinski definition) is 3. The van der Waals surface area contributed by atoms with E-state index in [1.807, 2.05) is 0 Å². The van der Waals surface area contributed by atoms with Crippen molar-refractivity contribution in [2.24, 2.45) is 34.5 Å². The quantitative estimate of drug-likeness (QED) is 0.676. The summed E-state index contributed by atoms with van der Waals surface area (Å²) in [6.07, 6.45) is 9.82. The number of fused-ring (bicyclic) bond motifs is 5. The van der Waals surface area contributed by atoms with Crippen molar-refractivity contribution in [3.63, 3.8) is 0 Å². The summed E-state index contributed by atoms with van der Waals surface area (Å²) in [7, 11) is 0. The third-order valence-corrected chi connectivity index (χ3v) is 8.97. The number of carboxylic acid groups (broad SMARTS) is 1. The molecule has 0 bridgehead atoms. The molecule has 3 saturated carbocycles. The molecule has 0 unspecified atom stereocenters. The predicted octanol–water partition coefficient (Wildman–Crippen LogP) is 2.88. The van der Waals surface area contributed by atoms with Crippen molar-refractivity contribution in [2.45, 2.75) is 77.8 Å². The lowest BCUT2D eigenvalue weighted by atomic mass is 9.48. The van der Waals surface area contributed by atoms with Gasteiger partial charge in [0.2, 0.25) is 11.8 Å². The summed E-state index contributed by atoms with van der Waals surface area (Å²) in [5, 5.41) is 15.4. The van der Waals surface area contributed by atoms with Crippen LogP contribution in [0.25, 0.3) is 0 Å². The zero-order valence-electron chi connectivity index (χ0n) is 18.0. The molecule has 0 radical (unpaired) electrons. The van der Waals surface area contributed by atoms with Crippen LogP contribution in [-0.4, -0.2) is 34.5 Å². The minimum atomic E-state index is -1.25. The fourth-order valence-corrected chi connectivity index (χ4v) is 7.21. The van der Waals surface area contributed by atoms with Gasteiger partial charge in [-0.25, -0.2) is 4.79 Å². The molecule has 0 aromatic carbocycles. The zero-order chi connectivity index (χ0) is 21.2. The van der Waals surface area contributed by atoms with Gasteiger partial charge in [-0.1, -0.05) is 19.9 Å². The highest BCUT2D eigenvalue weighted by molar-refractivity contribution is 5.89. The molecule has 2 amide bonds. The molecule has 6 nitrogen and oxygen atoms in total. The lowest BCUT2D eigenvalue weighted by Crippen LogP contribution is -2.60. The molecule has 0 spiro atoms. The molecule has 0 aromatic rings. The van der Waals surface area contributed by atoms with Gasteiger partial charge in [-0.3, -0.25) is 9.59 Å². The Bertz CT molecular complexity index is 775. The summed E-state index contributed by atoms with van der Waals surface area (Å²) >= 11 is 0. The Morgan fingerprint density at radius 2 is 1.86 bits per heavy atom. The molecule has 3 aliphatic carbocycles. The van der Waals surface area contributed by atoms with Crippen molar-refractivity contribution in [1.29, 1.82) is 0 Å². The SMILES string of the molecule is CC(C)(NC(=O)[C@H]1CC[C@H]2[C@@H]3CC[C@H]4NC(=O)C=C[C@]4(C)[C@H]3CC[C@]12C)C(=O)O. The standard InChI is InChI=1S/C23H34N2O4/c1-21(2,20(28)29)25-19(27)16-7-6-14-13-5-8-17-23(4,12-10-18(26)24-17)15(13)9-11-22(14,16)3/h10,12-17H,5-9,11H2,1-4H3,(H,24,26)(H,25,27)(H,28,29)/t13-,14-,15-,16+,17+,22-,23+/m0/s1. The third-order valence-electron chi connectivity index (χ3n) is 8.97. The number of carbonyl (C=O) groups excluding carboxylic acids is 2. The van der Waals surface area contributed by atoms with Crippen molar-refractivity contribution in [2.75, 3.05) is 0 Å². The van der Waals surface area contributed by atoms with Gasteiger partial charge in [0.05, 0.1) is 0 Å². The number of rotatable bonds is 3. The van der Waals surface area contributed by atoms with E-state index in [-0.39, 0.29) is 34.6 Å². The van der Waals surface area contributed by atoms with Crippen LogP contribution in [-0.2, 0) is 14.4 Å². The van der Waals surface area contributed by atoms with Crippen LogP contribution < -0.4 is 10.6 Å². The van der Waals surface area contributed by atoms with Crippen LogP contribution >= 0.6 is 0 Å². The number of carboxylic acids is 1. The van der Waals surface area contributed by atoms with Crippen molar-refractivity contribution in [1.82, 2.24) is 10.6 Å². The summed E-state index contributed by atoms with van der Waals surface area (Å²) in [4.78, 5) is 36.4. The van der Waals surface area contributed by atoms with Crippen molar-refractivity contribution >= 4 is 17.8 Å². The Hall–Kier alpha value is -1.85. The van der Waals surface area contributed by atoms with E-state index in [4.69, 9.17) is 0 Å². The van der Waals surface area contributed by atoms with Crippen LogP contribution in [0, 0.1) is 34.5 Å². The summed E-state index contributed by atoms with van der Waals surface area (Å²) in [5.74, 6) is 0.337. The Balaban J connectivity index is 1.56. The summed E-state index contributed by atoms with van der Waals surface area (Å²) in [5.41, 5.74) is -1.34. The van der Waals surface area contributed by atoms with Gasteiger partial charge in [0.25, 0.3) is 0 Å². The van der Waals surface area contributed by atoms with Crippen molar-refractivity contribution in [3.8, 4) is 0 Å². The highest BCUT2D eigenvalue weighted by atomic mass is 16.4. The second-order valence-electron chi connectivity index (χ2n) is 10.8. The van der Waals surface area contributed by atoms with Crippen LogP contribution in [0.1, 0.15) is 66.2 Å². The summed E-state index contributed by atoms with van der Waals surface area (Å²) in [6, 6.07) is 0.211. The highest BCUT2D eigenvalue weighted by Gasteiger charge is 2.61. The van der Waals surface area contributed by atoms with E-state index in [2.05, 4.69) is 30.6 Å². The maximum absolute atomic E-state index is 13.1. The van der Waals surface area contributed by atoms with Crippen LogP contribution in [0.15, 0.2) is 12.2 Å². The maximum Gasteiger partial charge on any atom is 0.328 e. The minimum absolute atomic E-state index is 0.0101. The molecule has 3 N–H and O–H groups in total. The first-order valence-corrected chi connectivity index (χ1v) is 11.0. The normalized spacial score (nSPS) is 43.6. The average Bonchev–Trinajstić information content (AvgIpc) is 2.99. The first-order valence-electron chi connectivity index (χ1n) is 11.0. The molecule has 4 aliphatic rings. The Morgan fingerprint density at radius 1 is 1.14 bits per heavy atom. The third kappa shape index (κ3) is 3.01. The smallest absolute Gasteiger partial charge is 0.328 e. The number of nitrogens with one attached hydrogen (secondary N) is 2. The topological polar surface area (TPSA) is 95.5 Å². The van der Waals surface area contributed by atoms with Gasteiger partial charge in [-0.2, -0.15) is 0 Å². The number of hydrogen-bond acceptors (Lipinski definition) is 3. The molecule has 3 fully saturated rings. The van der Waals surface area contributed by atoms with Gasteiger partial charge in [-0.15, -0.1) is 0 Å². The van der Waals surface area contributed by atoms with Gasteiger partial charge >= 0.3 is 5.97 Å². The van der Waals surface area contributed by atoms with Crippen molar-refractivity contribution < 1.29 is 19.5 Å². The second-order valence-corrected chi connectivity index (χ2v) is 10.8. The lowest BCUT2D eigenvalue weighted by Gasteiger charge is -2.58. The first kappa shape index (κ1) is 20.4. The molecular weight excluding hydrogens is 368 g/mol. The van der Waals surface area contributed by atoms with E-state index in [1.54, 1.807) is 19.9 Å². The van der Waals surface area contributed by atoms with Crippen molar-refractivity contribution in [3.05, 3.63) is 12.2 Å². The fourth-order valence-electron chi connectivity index (χ4n) is 7.21. The van der Waals surface area contributed by atoms with Gasteiger partial charge in [-0.05, 0) is 81.6 Å². The van der Waals surface area contributed by atoms with Gasteiger partial charge < -0.3 is 15.7 Å². The van der Waals surface area contributed by atoms with Crippen LogP contribution in [0.4, 0.5) is 0 Å². The Labute approximate surface area is 172 Å². The van der Waals surface area contributed by atoms with E-state index in [0.29, 0.717) is 17.8 Å². The number of amides is 2. The molecule has 0 aromatic heterocycles. The number of aliphatic carboxylic acids is 1. The molecular formula is C23H34N2O4. The second kappa shape index (κ2) is 6.58. The monoisotopic (exact) mass is 402 g/mol. The molecule has 7 atom stereocenters. The Morgan fingerprint density at radius 3 is 2.55 bits per heavy atom. The molecule has 160 valence electrons. The molecule has 29 heavy (non-hydrogen) atoms. The summed E-state index contributed by atoms with van der Waals surface area (Å²) < 4.78 is 0.